The van der Waals surface area contributed by atoms with E-state index in [0.717, 1.165) is 0 Å². The Bertz CT molecular complexity index is 452. The summed E-state index contributed by atoms with van der Waals surface area (Å²) in [7, 11) is 3.37. The monoisotopic (exact) mass is 265 g/mol. The summed E-state index contributed by atoms with van der Waals surface area (Å²) >= 11 is 0. The minimum absolute atomic E-state index is 0.00393. The van der Waals surface area contributed by atoms with Crippen LogP contribution in [0, 0.1) is 0 Å². The van der Waals surface area contributed by atoms with Gasteiger partial charge in [-0.25, -0.2) is 4.79 Å². The van der Waals surface area contributed by atoms with E-state index in [1.165, 1.54) is 17.0 Å². The fourth-order valence-electron chi connectivity index (χ4n) is 1.49. The first-order chi connectivity index (χ1) is 8.90. The van der Waals surface area contributed by atoms with Gasteiger partial charge in [0.25, 0.3) is 0 Å². The first-order valence-electron chi connectivity index (χ1n) is 5.93. The molecule has 6 heteroatoms. The average molecular weight is 265 g/mol. The van der Waals surface area contributed by atoms with E-state index in [4.69, 9.17) is 16.2 Å². The van der Waals surface area contributed by atoms with Gasteiger partial charge in [0, 0.05) is 31.9 Å². The number of nitrogen functional groups attached to an aromatic ring is 2. The van der Waals surface area contributed by atoms with Crippen molar-refractivity contribution in [2.24, 2.45) is 0 Å². The second-order valence-corrected chi connectivity index (χ2v) is 4.42. The van der Waals surface area contributed by atoms with Gasteiger partial charge in [0.05, 0.1) is 12.2 Å². The second-order valence-electron chi connectivity index (χ2n) is 4.42. The maximum atomic E-state index is 11.7. The van der Waals surface area contributed by atoms with Crippen LogP contribution in [0.5, 0.6) is 0 Å². The van der Waals surface area contributed by atoms with E-state index in [0.29, 0.717) is 29.8 Å². The number of esters is 1. The quantitative estimate of drug-likeness (QED) is 0.467. The molecule has 0 atom stereocenters. The predicted molar refractivity (Wildman–Crippen MR) is 73.5 cm³/mol. The standard InChI is InChI=1S/C13H19N3O3/c1-16(2)12(17)4-3-5-19-13(18)9-6-10(14)8-11(15)7-9/h6-8H,3-5,14-15H2,1-2H3. The van der Waals surface area contributed by atoms with Crippen LogP contribution in [-0.2, 0) is 9.53 Å². The molecule has 0 spiro atoms. The zero-order valence-corrected chi connectivity index (χ0v) is 11.2. The number of carbonyl (C=O) groups is 2. The summed E-state index contributed by atoms with van der Waals surface area (Å²) in [5.41, 5.74) is 12.3. The number of nitrogens with two attached hydrogens (primary N) is 2. The molecule has 6 nitrogen and oxygen atoms in total. The van der Waals surface area contributed by atoms with E-state index in [2.05, 4.69) is 0 Å². The summed E-state index contributed by atoms with van der Waals surface area (Å²) in [5.74, 6) is -0.486. The van der Waals surface area contributed by atoms with Crippen LogP contribution >= 0.6 is 0 Å². The molecular formula is C13H19N3O3. The maximum absolute atomic E-state index is 11.7. The second kappa shape index (κ2) is 6.63. The van der Waals surface area contributed by atoms with Crippen LogP contribution in [0.25, 0.3) is 0 Å². The normalized spacial score (nSPS) is 10.0. The highest BCUT2D eigenvalue weighted by Gasteiger charge is 2.09. The smallest absolute Gasteiger partial charge is 0.338 e. The van der Waals surface area contributed by atoms with Crippen LogP contribution in [0.3, 0.4) is 0 Å². The molecule has 0 unspecified atom stereocenters. The number of hydrogen-bond donors (Lipinski definition) is 2. The summed E-state index contributed by atoms with van der Waals surface area (Å²) in [6.45, 7) is 0.188. The highest BCUT2D eigenvalue weighted by Crippen LogP contribution is 2.14. The van der Waals surface area contributed by atoms with Crippen LogP contribution < -0.4 is 11.5 Å². The lowest BCUT2D eigenvalue weighted by molar-refractivity contribution is -0.128. The van der Waals surface area contributed by atoms with Crippen molar-refractivity contribution in [2.75, 3.05) is 32.2 Å². The third-order valence-electron chi connectivity index (χ3n) is 2.48. The number of benzene rings is 1. The topological polar surface area (TPSA) is 98.6 Å². The number of carbonyl (C=O) groups excluding carboxylic acids is 2. The molecule has 104 valence electrons. The van der Waals surface area contributed by atoms with Crippen molar-refractivity contribution < 1.29 is 14.3 Å². The fraction of sp³-hybridized carbons (Fsp3) is 0.385. The first-order valence-corrected chi connectivity index (χ1v) is 5.93. The molecule has 0 fully saturated rings. The Morgan fingerprint density at radius 1 is 1.16 bits per heavy atom. The van der Waals surface area contributed by atoms with Crippen molar-refractivity contribution in [3.05, 3.63) is 23.8 Å². The lowest BCUT2D eigenvalue weighted by Crippen LogP contribution is -2.21. The minimum atomic E-state index is -0.490. The molecule has 1 rings (SSSR count). The minimum Gasteiger partial charge on any atom is -0.462 e. The van der Waals surface area contributed by atoms with Gasteiger partial charge >= 0.3 is 5.97 Å². The first kappa shape index (κ1) is 14.8. The Hall–Kier alpha value is -2.24. The Labute approximate surface area is 112 Å². The molecule has 0 heterocycles. The lowest BCUT2D eigenvalue weighted by Gasteiger charge is -2.10. The van der Waals surface area contributed by atoms with Crippen LogP contribution in [-0.4, -0.2) is 37.5 Å². The number of rotatable bonds is 5. The number of anilines is 2. The van der Waals surface area contributed by atoms with Crippen molar-refractivity contribution in [2.45, 2.75) is 12.8 Å². The third kappa shape index (κ3) is 4.87. The zero-order chi connectivity index (χ0) is 14.4. The fourth-order valence-corrected chi connectivity index (χ4v) is 1.49. The molecule has 0 saturated heterocycles. The molecule has 0 aromatic heterocycles. The van der Waals surface area contributed by atoms with Gasteiger partial charge in [-0.3, -0.25) is 4.79 Å². The van der Waals surface area contributed by atoms with Gasteiger partial charge in [-0.2, -0.15) is 0 Å². The van der Waals surface area contributed by atoms with E-state index >= 15 is 0 Å². The van der Waals surface area contributed by atoms with E-state index in [1.54, 1.807) is 20.2 Å². The lowest BCUT2D eigenvalue weighted by atomic mass is 10.2. The summed E-state index contributed by atoms with van der Waals surface area (Å²) in [4.78, 5) is 24.5. The van der Waals surface area contributed by atoms with E-state index in [-0.39, 0.29) is 12.5 Å². The van der Waals surface area contributed by atoms with Crippen molar-refractivity contribution in [3.63, 3.8) is 0 Å². The van der Waals surface area contributed by atoms with Crippen molar-refractivity contribution in [1.82, 2.24) is 4.90 Å². The number of nitrogens with zero attached hydrogens (tertiary/aromatic N) is 1. The summed E-state index contributed by atoms with van der Waals surface area (Å²) < 4.78 is 5.05. The molecule has 0 aliphatic rings. The van der Waals surface area contributed by atoms with Gasteiger partial charge in [0.2, 0.25) is 5.91 Å². The number of hydrogen-bond acceptors (Lipinski definition) is 5. The van der Waals surface area contributed by atoms with Crippen LogP contribution in [0.1, 0.15) is 23.2 Å². The molecule has 1 amide bonds. The largest absolute Gasteiger partial charge is 0.462 e. The average Bonchev–Trinajstić information content (AvgIpc) is 2.32. The van der Waals surface area contributed by atoms with Gasteiger partial charge < -0.3 is 21.1 Å². The molecular weight excluding hydrogens is 246 g/mol. The number of ether oxygens (including phenoxy) is 1. The Balaban J connectivity index is 2.41. The molecule has 1 aromatic carbocycles. The zero-order valence-electron chi connectivity index (χ0n) is 11.2. The van der Waals surface area contributed by atoms with Crippen LogP contribution in [0.15, 0.2) is 18.2 Å². The molecule has 0 aliphatic carbocycles. The SMILES string of the molecule is CN(C)C(=O)CCCOC(=O)c1cc(N)cc(N)c1. The highest BCUT2D eigenvalue weighted by molar-refractivity contribution is 5.91. The molecule has 1 aromatic rings. The molecule has 0 aliphatic heterocycles. The van der Waals surface area contributed by atoms with E-state index in [1.807, 2.05) is 0 Å². The Morgan fingerprint density at radius 3 is 2.26 bits per heavy atom. The Kier molecular flexibility index (Phi) is 5.17. The molecule has 0 bridgehead atoms. The van der Waals surface area contributed by atoms with Crippen molar-refractivity contribution >= 4 is 23.3 Å². The van der Waals surface area contributed by atoms with Crippen molar-refractivity contribution in [1.29, 1.82) is 0 Å². The molecule has 0 saturated carbocycles. The summed E-state index contributed by atoms with van der Waals surface area (Å²) in [5, 5.41) is 0. The van der Waals surface area contributed by atoms with Crippen LogP contribution in [0.2, 0.25) is 0 Å². The Morgan fingerprint density at radius 2 is 1.74 bits per heavy atom. The summed E-state index contributed by atoms with van der Waals surface area (Å²) in [6, 6.07) is 4.57. The highest BCUT2D eigenvalue weighted by atomic mass is 16.5. The van der Waals surface area contributed by atoms with Gasteiger partial charge in [-0.1, -0.05) is 0 Å². The molecule has 0 radical (unpaired) electrons. The van der Waals surface area contributed by atoms with Crippen LogP contribution in [0.4, 0.5) is 11.4 Å². The maximum Gasteiger partial charge on any atom is 0.338 e. The van der Waals surface area contributed by atoms with Crippen molar-refractivity contribution in [3.8, 4) is 0 Å². The van der Waals surface area contributed by atoms with Gasteiger partial charge in [0.15, 0.2) is 0 Å². The molecule has 19 heavy (non-hydrogen) atoms. The van der Waals surface area contributed by atoms with E-state index in [9.17, 15) is 9.59 Å². The number of amides is 1. The molecule has 4 N–H and O–H groups in total. The van der Waals surface area contributed by atoms with E-state index < -0.39 is 5.97 Å². The predicted octanol–water partition coefficient (Wildman–Crippen LogP) is 0.876. The summed E-state index contributed by atoms with van der Waals surface area (Å²) in [6.07, 6.45) is 0.833. The third-order valence-corrected chi connectivity index (χ3v) is 2.48. The van der Waals surface area contributed by atoms with Gasteiger partial charge in [-0.15, -0.1) is 0 Å². The van der Waals surface area contributed by atoms with Gasteiger partial charge in [-0.05, 0) is 24.6 Å². The van der Waals surface area contributed by atoms with Gasteiger partial charge in [0.1, 0.15) is 0 Å².